The number of benzene rings is 4. The minimum absolute atomic E-state index is 0.0353. The highest BCUT2D eigenvalue weighted by Gasteiger charge is 2.45. The summed E-state index contributed by atoms with van der Waals surface area (Å²) in [6, 6.07) is 25.6. The number of nitrogens with zero attached hydrogens (tertiary/aromatic N) is 10. The molecule has 0 aromatic heterocycles. The Bertz CT molecular complexity index is 3570. The van der Waals surface area contributed by atoms with Crippen LogP contribution in [-0.2, 0) is 19.1 Å². The molecule has 8 heterocycles. The first-order chi connectivity index (χ1) is 46.4. The number of nitrogens with two attached hydrogens (primary N) is 1. The van der Waals surface area contributed by atoms with Gasteiger partial charge in [0.25, 0.3) is 23.6 Å². The maximum atomic E-state index is 13.3. The Morgan fingerprint density at radius 2 is 0.948 bits per heavy atom. The second-order valence-corrected chi connectivity index (χ2v) is 27.8. The Balaban J connectivity index is 0.000000175. The zero-order chi connectivity index (χ0) is 69.1. The molecule has 5 fully saturated rings. The van der Waals surface area contributed by atoms with Gasteiger partial charge in [0.15, 0.2) is 0 Å². The number of amidine groups is 2. The molecule has 8 aliphatic heterocycles. The van der Waals surface area contributed by atoms with Crippen LogP contribution in [0.15, 0.2) is 89.9 Å². The molecular weight excluding hydrogens is 1310 g/mol. The molecule has 0 bridgehead atoms. The van der Waals surface area contributed by atoms with Gasteiger partial charge in [0.1, 0.15) is 34.4 Å². The van der Waals surface area contributed by atoms with Crippen molar-refractivity contribution < 1.29 is 57.3 Å². The van der Waals surface area contributed by atoms with Gasteiger partial charge >= 0.3 is 12.2 Å². The molecule has 12 rings (SSSR count). The summed E-state index contributed by atoms with van der Waals surface area (Å²) in [7, 11) is 0. The largest absolute Gasteiger partial charge is 0.494 e. The van der Waals surface area contributed by atoms with E-state index >= 15 is 0 Å². The molecule has 4 aromatic carbocycles. The molecule has 27 heteroatoms. The number of piperidine rings is 1. The topological polar surface area (TPSA) is 289 Å². The van der Waals surface area contributed by atoms with Crippen molar-refractivity contribution in [3.05, 3.63) is 107 Å². The van der Waals surface area contributed by atoms with Gasteiger partial charge in [-0.3, -0.25) is 48.9 Å². The number of halogens is 1. The molecule has 0 radical (unpaired) electrons. The number of anilines is 4. The van der Waals surface area contributed by atoms with Gasteiger partial charge in [-0.05, 0) is 152 Å². The molecule has 5 saturated heterocycles. The van der Waals surface area contributed by atoms with Crippen LogP contribution in [0.4, 0.5) is 32.3 Å². The van der Waals surface area contributed by atoms with Crippen molar-refractivity contribution in [2.24, 2.45) is 10.7 Å². The van der Waals surface area contributed by atoms with Crippen LogP contribution in [0.1, 0.15) is 121 Å². The average Bonchev–Trinajstić information content (AvgIpc) is 1.62. The number of carbonyl (C=O) groups excluding carboxylic acids is 8. The fourth-order valence-electron chi connectivity index (χ4n) is 12.7. The van der Waals surface area contributed by atoms with E-state index in [1.165, 1.54) is 0 Å². The van der Waals surface area contributed by atoms with Crippen LogP contribution < -0.4 is 45.4 Å². The molecule has 26 nitrogen and oxygen atoms in total. The quantitative estimate of drug-likeness (QED) is 0.0538. The van der Waals surface area contributed by atoms with Crippen LogP contribution >= 0.6 is 15.9 Å². The van der Waals surface area contributed by atoms with Crippen molar-refractivity contribution in [2.45, 2.75) is 103 Å². The van der Waals surface area contributed by atoms with E-state index in [1.807, 2.05) is 77.9 Å². The first kappa shape index (κ1) is 71.0. The van der Waals surface area contributed by atoms with E-state index in [1.54, 1.807) is 34.1 Å². The summed E-state index contributed by atoms with van der Waals surface area (Å²) in [5.74, 6) is -0.476. The van der Waals surface area contributed by atoms with E-state index in [-0.39, 0.29) is 66.7 Å². The third-order valence-corrected chi connectivity index (χ3v) is 18.4. The van der Waals surface area contributed by atoms with Gasteiger partial charge in [-0.2, -0.15) is 4.99 Å². The molecule has 2 unspecified atom stereocenters. The number of nitrogens with one attached hydrogen (secondary N) is 3. The molecule has 0 saturated carbocycles. The Hall–Kier alpha value is -8.82. The Kier molecular flexibility index (Phi) is 23.1. The second kappa shape index (κ2) is 31.6. The molecule has 8 aliphatic rings. The summed E-state index contributed by atoms with van der Waals surface area (Å²) in [4.78, 5) is 120. The number of ether oxygens (including phenoxy) is 4. The maximum Gasteiger partial charge on any atom is 0.410 e. The SMILES string of the molecule is CC(C)(C)OC(=O)N1CCN(c2ccc(OCCCBr)cc2)CC1.CC(C)(C)OC(=O)N1CCN(c2ccc(OCCCN3CCN(c4ccc5c(c4)C(=O)N(C4CCC(=O)NC4=N)C5=O)CC3)cc2)CC1.NC1=NC(=O)CCC1N1C(=O)c2ccc(N3CCNCC3)cc2C1=O. The Morgan fingerprint density at radius 3 is 1.40 bits per heavy atom. The highest BCUT2D eigenvalue weighted by molar-refractivity contribution is 9.09. The van der Waals surface area contributed by atoms with E-state index in [4.69, 9.17) is 30.1 Å². The van der Waals surface area contributed by atoms with Crippen molar-refractivity contribution in [2.75, 3.05) is 149 Å². The Morgan fingerprint density at radius 1 is 0.536 bits per heavy atom. The molecule has 2 atom stereocenters. The highest BCUT2D eigenvalue weighted by atomic mass is 79.9. The summed E-state index contributed by atoms with van der Waals surface area (Å²) < 4.78 is 22.6. The van der Waals surface area contributed by atoms with E-state index in [2.05, 4.69) is 80.3 Å². The van der Waals surface area contributed by atoms with E-state index < -0.39 is 35.1 Å². The van der Waals surface area contributed by atoms with Crippen molar-refractivity contribution in [1.82, 2.24) is 35.1 Å². The van der Waals surface area contributed by atoms with Crippen molar-refractivity contribution >= 4 is 98.0 Å². The second-order valence-electron chi connectivity index (χ2n) is 27.0. The number of alkyl halides is 1. The fraction of sp³-hybridized carbons (Fsp3) is 0.514. The van der Waals surface area contributed by atoms with Crippen LogP contribution in [0.2, 0.25) is 0 Å². The van der Waals surface area contributed by atoms with Gasteiger partial charge in [0.2, 0.25) is 11.8 Å². The van der Waals surface area contributed by atoms with Gasteiger partial charge in [0, 0.05) is 152 Å². The highest BCUT2D eigenvalue weighted by Crippen LogP contribution is 2.34. The standard InChI is InChI=1S/C35H45N7O6.C18H27BrN2O3.C17H19N5O3/c1-35(2,3)48-34(46)41-20-18-39(19-21-41)24-5-8-26(9-6-24)47-22-4-13-38-14-16-40(17-15-38)25-7-10-27-28(23-25)33(45)42(32(27)44)29-11-12-30(43)37-31(29)36;1-18(2,3)24-17(22)21-12-10-20(11-13-21)15-5-7-16(8-6-15)23-14-4-9-19;18-15-13(3-4-14(23)20-15)22-16(24)11-2-1-10(9-12(11)17(22)25)21-7-5-19-6-8-21/h5-10,23,29H,4,11-22H2,1-3H3,(H2,36,37,43);5-8H,4,9-14H2,1-3H3;1-2,9,13,19H,3-8H2,(H2,18,20,23). The lowest BCUT2D eigenvalue weighted by atomic mass is 10.0. The predicted molar refractivity (Wildman–Crippen MR) is 373 cm³/mol. The first-order valence-electron chi connectivity index (χ1n) is 33.6. The number of amides is 8. The number of hydrogen-bond donors (Lipinski definition) is 4. The van der Waals surface area contributed by atoms with Gasteiger partial charge < -0.3 is 64.7 Å². The van der Waals surface area contributed by atoms with E-state index in [9.17, 15) is 38.4 Å². The average molecular weight is 1400 g/mol. The normalized spacial score (nSPS) is 20.1. The summed E-state index contributed by atoms with van der Waals surface area (Å²) in [5.41, 5.74) is 10.5. The molecule has 8 amide bonds. The molecule has 0 aliphatic carbocycles. The predicted octanol–water partition coefficient (Wildman–Crippen LogP) is 6.83. The van der Waals surface area contributed by atoms with Crippen LogP contribution in [0, 0.1) is 5.41 Å². The minimum atomic E-state index is -0.745. The van der Waals surface area contributed by atoms with Gasteiger partial charge in [-0.25, -0.2) is 9.59 Å². The van der Waals surface area contributed by atoms with Gasteiger partial charge in [0.05, 0.1) is 47.6 Å². The summed E-state index contributed by atoms with van der Waals surface area (Å²) in [6.07, 6.45) is 2.36. The zero-order valence-electron chi connectivity index (χ0n) is 56.4. The Labute approximate surface area is 575 Å². The number of hydrogen-bond acceptors (Lipinski definition) is 20. The van der Waals surface area contributed by atoms with Crippen LogP contribution in [0.3, 0.4) is 0 Å². The minimum Gasteiger partial charge on any atom is -0.494 e. The molecule has 97 heavy (non-hydrogen) atoms. The number of fused-ring (bicyclic) bond motifs is 2. The van der Waals surface area contributed by atoms with Crippen molar-refractivity contribution in [1.29, 1.82) is 5.41 Å². The third kappa shape index (κ3) is 18.1. The number of carbonyl (C=O) groups is 8. The lowest BCUT2D eigenvalue weighted by Gasteiger charge is -2.36. The van der Waals surface area contributed by atoms with Crippen molar-refractivity contribution in [3.8, 4) is 11.5 Å². The third-order valence-electron chi connectivity index (χ3n) is 17.8. The lowest BCUT2D eigenvalue weighted by molar-refractivity contribution is -0.120. The number of imide groups is 2. The molecular formula is C70H91BrN14O12. The van der Waals surface area contributed by atoms with E-state index in [0.717, 1.165) is 154 Å². The van der Waals surface area contributed by atoms with Gasteiger partial charge in [-0.15, -0.1) is 0 Å². The number of aliphatic imine (C=N–C) groups is 1. The van der Waals surface area contributed by atoms with E-state index in [0.29, 0.717) is 61.5 Å². The molecule has 520 valence electrons. The smallest absolute Gasteiger partial charge is 0.410 e. The summed E-state index contributed by atoms with van der Waals surface area (Å²) in [5, 5.41) is 14.8. The van der Waals surface area contributed by atoms with Crippen LogP contribution in [0.5, 0.6) is 11.5 Å². The zero-order valence-corrected chi connectivity index (χ0v) is 58.0. The fourth-order valence-corrected chi connectivity index (χ4v) is 12.9. The van der Waals surface area contributed by atoms with Crippen LogP contribution in [0.25, 0.3) is 0 Å². The number of piperazine rings is 4. The maximum absolute atomic E-state index is 13.3. The number of rotatable bonds is 15. The van der Waals surface area contributed by atoms with Crippen molar-refractivity contribution in [3.63, 3.8) is 0 Å². The summed E-state index contributed by atoms with van der Waals surface area (Å²) in [6.45, 7) is 26.2. The lowest BCUT2D eigenvalue weighted by Crippen LogP contribution is -2.53. The first-order valence-corrected chi connectivity index (χ1v) is 34.7. The van der Waals surface area contributed by atoms with Crippen LogP contribution in [-0.4, -0.2) is 237 Å². The summed E-state index contributed by atoms with van der Waals surface area (Å²) >= 11 is 3.39. The molecule has 0 spiro atoms. The molecule has 5 N–H and O–H groups in total. The molecule has 4 aromatic rings. The monoisotopic (exact) mass is 1400 g/mol. The van der Waals surface area contributed by atoms with Gasteiger partial charge in [-0.1, -0.05) is 15.9 Å².